The van der Waals surface area contributed by atoms with E-state index < -0.39 is 4.92 Å². The Kier molecular flexibility index (Phi) is 6.41. The molecule has 0 spiro atoms. The van der Waals surface area contributed by atoms with Crippen LogP contribution in [0.25, 0.3) is 10.9 Å². The predicted octanol–water partition coefficient (Wildman–Crippen LogP) is 3.54. The van der Waals surface area contributed by atoms with Crippen molar-refractivity contribution < 1.29 is 4.92 Å². The van der Waals surface area contributed by atoms with Gasteiger partial charge in [0.25, 0.3) is 5.69 Å². The number of aromatic amines is 1. The highest BCUT2D eigenvalue weighted by Crippen LogP contribution is 2.17. The minimum absolute atomic E-state index is 0.0783. The van der Waals surface area contributed by atoms with Crippen LogP contribution in [0.3, 0.4) is 0 Å². The molecule has 3 N–H and O–H groups in total. The summed E-state index contributed by atoms with van der Waals surface area (Å²) >= 11 is 0. The number of para-hydroxylation sites is 1. The highest BCUT2D eigenvalue weighted by atomic mass is 16.6. The van der Waals surface area contributed by atoms with Crippen molar-refractivity contribution in [1.82, 2.24) is 15.6 Å². The molecular formula is C21H23N5O2. The quantitative estimate of drug-likeness (QED) is 0.184. The van der Waals surface area contributed by atoms with Crippen molar-refractivity contribution in [2.75, 3.05) is 13.1 Å². The van der Waals surface area contributed by atoms with E-state index in [0.29, 0.717) is 19.0 Å². The monoisotopic (exact) mass is 377 g/mol. The Balaban J connectivity index is 1.60. The van der Waals surface area contributed by atoms with Gasteiger partial charge >= 0.3 is 0 Å². The largest absolute Gasteiger partial charge is 0.361 e. The molecule has 1 heterocycles. The third kappa shape index (κ3) is 4.97. The van der Waals surface area contributed by atoms with E-state index in [1.807, 2.05) is 18.3 Å². The first-order chi connectivity index (χ1) is 13.7. The van der Waals surface area contributed by atoms with Gasteiger partial charge in [0.1, 0.15) is 0 Å². The van der Waals surface area contributed by atoms with E-state index in [4.69, 9.17) is 0 Å². The fraction of sp³-hybridized carbons (Fsp3) is 0.190. The van der Waals surface area contributed by atoms with E-state index in [2.05, 4.69) is 39.3 Å². The second-order valence-electron chi connectivity index (χ2n) is 6.29. The molecule has 0 bridgehead atoms. The van der Waals surface area contributed by atoms with E-state index in [-0.39, 0.29) is 5.69 Å². The Hall–Kier alpha value is -3.61. The first-order valence-corrected chi connectivity index (χ1v) is 9.09. The van der Waals surface area contributed by atoms with Gasteiger partial charge in [-0.15, -0.1) is 6.58 Å². The van der Waals surface area contributed by atoms with Crippen LogP contribution in [0.2, 0.25) is 0 Å². The molecule has 0 saturated carbocycles. The fourth-order valence-electron chi connectivity index (χ4n) is 2.89. The SMILES string of the molecule is C=CCNC(=NCc1ccc([N+](=O)[O-])cc1)NCCc1c[nH]c2ccccc12. The molecule has 7 heteroatoms. The van der Waals surface area contributed by atoms with Crippen LogP contribution in [0.1, 0.15) is 11.1 Å². The summed E-state index contributed by atoms with van der Waals surface area (Å²) in [4.78, 5) is 18.2. The van der Waals surface area contributed by atoms with Gasteiger partial charge in [0.05, 0.1) is 11.5 Å². The average Bonchev–Trinajstić information content (AvgIpc) is 3.13. The van der Waals surface area contributed by atoms with Gasteiger partial charge in [-0.25, -0.2) is 4.99 Å². The summed E-state index contributed by atoms with van der Waals surface area (Å²) in [6.07, 6.45) is 4.66. The molecule has 0 aliphatic heterocycles. The van der Waals surface area contributed by atoms with Crippen molar-refractivity contribution in [3.8, 4) is 0 Å². The molecule has 0 amide bonds. The van der Waals surface area contributed by atoms with Gasteiger partial charge < -0.3 is 15.6 Å². The van der Waals surface area contributed by atoms with Crippen LogP contribution < -0.4 is 10.6 Å². The topological polar surface area (TPSA) is 95.3 Å². The number of H-pyrrole nitrogens is 1. The molecule has 7 nitrogen and oxygen atoms in total. The Morgan fingerprint density at radius 2 is 1.96 bits per heavy atom. The maximum absolute atomic E-state index is 10.7. The first kappa shape index (κ1) is 19.2. The zero-order chi connectivity index (χ0) is 19.8. The van der Waals surface area contributed by atoms with Gasteiger partial charge in [-0.2, -0.15) is 0 Å². The molecule has 0 radical (unpaired) electrons. The van der Waals surface area contributed by atoms with E-state index in [1.54, 1.807) is 18.2 Å². The lowest BCUT2D eigenvalue weighted by Gasteiger charge is -2.11. The van der Waals surface area contributed by atoms with E-state index in [9.17, 15) is 10.1 Å². The lowest BCUT2D eigenvalue weighted by Crippen LogP contribution is -2.38. The van der Waals surface area contributed by atoms with Gasteiger partial charge in [-0.05, 0) is 23.6 Å². The van der Waals surface area contributed by atoms with Crippen LogP contribution in [0.4, 0.5) is 5.69 Å². The van der Waals surface area contributed by atoms with Crippen molar-refractivity contribution >= 4 is 22.5 Å². The molecule has 144 valence electrons. The molecule has 28 heavy (non-hydrogen) atoms. The number of rotatable bonds is 8. The molecule has 3 rings (SSSR count). The summed E-state index contributed by atoms with van der Waals surface area (Å²) in [5.41, 5.74) is 3.37. The van der Waals surface area contributed by atoms with Crippen molar-refractivity contribution in [3.05, 3.63) is 88.6 Å². The Morgan fingerprint density at radius 3 is 2.71 bits per heavy atom. The fourth-order valence-corrected chi connectivity index (χ4v) is 2.89. The lowest BCUT2D eigenvalue weighted by atomic mass is 10.1. The van der Waals surface area contributed by atoms with E-state index >= 15 is 0 Å². The van der Waals surface area contributed by atoms with Crippen molar-refractivity contribution in [2.24, 2.45) is 4.99 Å². The van der Waals surface area contributed by atoms with E-state index in [0.717, 1.165) is 24.0 Å². The minimum Gasteiger partial charge on any atom is -0.361 e. The molecular weight excluding hydrogens is 354 g/mol. The molecule has 0 saturated heterocycles. The predicted molar refractivity (Wildman–Crippen MR) is 112 cm³/mol. The number of aromatic nitrogens is 1. The zero-order valence-electron chi connectivity index (χ0n) is 15.5. The number of guanidine groups is 1. The first-order valence-electron chi connectivity index (χ1n) is 9.09. The van der Waals surface area contributed by atoms with Crippen molar-refractivity contribution in [3.63, 3.8) is 0 Å². The van der Waals surface area contributed by atoms with Crippen LogP contribution in [0, 0.1) is 10.1 Å². The van der Waals surface area contributed by atoms with E-state index in [1.165, 1.54) is 23.1 Å². The second-order valence-corrected chi connectivity index (χ2v) is 6.29. The highest BCUT2D eigenvalue weighted by molar-refractivity contribution is 5.83. The molecule has 3 aromatic rings. The lowest BCUT2D eigenvalue weighted by molar-refractivity contribution is -0.384. The standard InChI is InChI=1S/C21H23N5O2/c1-2-12-22-21(25-14-16-7-9-18(10-8-16)26(27)28)23-13-11-17-15-24-20-6-4-3-5-19(17)20/h2-10,15,24H,1,11-14H2,(H2,22,23,25). The Labute approximate surface area is 163 Å². The highest BCUT2D eigenvalue weighted by Gasteiger charge is 2.05. The van der Waals surface area contributed by atoms with Gasteiger partial charge in [0, 0.05) is 42.3 Å². The number of hydrogen-bond donors (Lipinski definition) is 3. The summed E-state index contributed by atoms with van der Waals surface area (Å²) in [6, 6.07) is 14.7. The molecule has 0 aliphatic carbocycles. The molecule has 2 aromatic carbocycles. The second kappa shape index (κ2) is 9.36. The molecule has 0 atom stereocenters. The third-order valence-corrected chi connectivity index (χ3v) is 4.34. The van der Waals surface area contributed by atoms with Crippen LogP contribution in [-0.2, 0) is 13.0 Å². The Morgan fingerprint density at radius 1 is 1.18 bits per heavy atom. The van der Waals surface area contributed by atoms with Gasteiger partial charge in [0.2, 0.25) is 0 Å². The average molecular weight is 377 g/mol. The smallest absolute Gasteiger partial charge is 0.269 e. The van der Waals surface area contributed by atoms with Crippen LogP contribution in [0.15, 0.2) is 72.4 Å². The number of hydrogen-bond acceptors (Lipinski definition) is 3. The number of nitrogens with zero attached hydrogens (tertiary/aromatic N) is 2. The molecule has 1 aromatic heterocycles. The van der Waals surface area contributed by atoms with Gasteiger partial charge in [-0.1, -0.05) is 36.4 Å². The Bertz CT molecular complexity index is 976. The molecule has 0 aliphatic rings. The van der Waals surface area contributed by atoms with Crippen molar-refractivity contribution in [1.29, 1.82) is 0 Å². The third-order valence-electron chi connectivity index (χ3n) is 4.34. The number of nitrogens with one attached hydrogen (secondary N) is 3. The summed E-state index contributed by atoms with van der Waals surface area (Å²) in [5, 5.41) is 18.5. The summed E-state index contributed by atoms with van der Waals surface area (Å²) in [7, 11) is 0. The van der Waals surface area contributed by atoms with Gasteiger partial charge in [0.15, 0.2) is 5.96 Å². The maximum Gasteiger partial charge on any atom is 0.269 e. The number of nitro groups is 1. The number of aliphatic imine (C=N–C) groups is 1. The summed E-state index contributed by atoms with van der Waals surface area (Å²) in [5.74, 6) is 0.679. The van der Waals surface area contributed by atoms with Crippen molar-refractivity contribution in [2.45, 2.75) is 13.0 Å². The maximum atomic E-state index is 10.7. The van der Waals surface area contributed by atoms with Gasteiger partial charge in [-0.3, -0.25) is 10.1 Å². The normalized spacial score (nSPS) is 11.4. The number of benzene rings is 2. The molecule has 0 fully saturated rings. The number of nitro benzene ring substituents is 1. The van der Waals surface area contributed by atoms with Crippen LogP contribution in [0.5, 0.6) is 0 Å². The molecule has 0 unspecified atom stereocenters. The summed E-state index contributed by atoms with van der Waals surface area (Å²) in [6.45, 7) is 5.47. The zero-order valence-corrected chi connectivity index (χ0v) is 15.5. The summed E-state index contributed by atoms with van der Waals surface area (Å²) < 4.78 is 0. The minimum atomic E-state index is -0.406. The van der Waals surface area contributed by atoms with Crippen LogP contribution >= 0.6 is 0 Å². The number of non-ortho nitro benzene ring substituents is 1. The van der Waals surface area contributed by atoms with Crippen LogP contribution in [-0.4, -0.2) is 29.0 Å². The number of fused-ring (bicyclic) bond motifs is 1.